The van der Waals surface area contributed by atoms with Crippen LogP contribution in [0.1, 0.15) is 23.2 Å². The molecule has 0 amide bonds. The molecule has 4 aromatic rings. The van der Waals surface area contributed by atoms with Gasteiger partial charge < -0.3 is 4.90 Å². The Kier molecular flexibility index (Phi) is 4.50. The van der Waals surface area contributed by atoms with Crippen LogP contribution in [0, 0.1) is 0 Å². The molecule has 9 nitrogen and oxygen atoms in total. The van der Waals surface area contributed by atoms with Crippen molar-refractivity contribution in [1.29, 1.82) is 0 Å². The van der Waals surface area contributed by atoms with E-state index < -0.39 is 0 Å². The number of carbonyl (C=O) groups is 1. The van der Waals surface area contributed by atoms with Gasteiger partial charge in [0.25, 0.3) is 0 Å². The highest BCUT2D eigenvalue weighted by Crippen LogP contribution is 2.31. The van der Waals surface area contributed by atoms with Crippen molar-refractivity contribution in [2.75, 3.05) is 18.5 Å². The van der Waals surface area contributed by atoms with Crippen molar-refractivity contribution in [3.63, 3.8) is 0 Å². The van der Waals surface area contributed by atoms with Crippen LogP contribution in [0.3, 0.4) is 0 Å². The smallest absolute Gasteiger partial charge is 0.180 e. The van der Waals surface area contributed by atoms with Crippen molar-refractivity contribution < 1.29 is 4.79 Å². The minimum absolute atomic E-state index is 0.121. The zero-order chi connectivity index (χ0) is 20.7. The van der Waals surface area contributed by atoms with E-state index in [9.17, 15) is 4.79 Å². The van der Waals surface area contributed by atoms with E-state index in [2.05, 4.69) is 20.3 Å². The van der Waals surface area contributed by atoms with Crippen LogP contribution in [0.25, 0.3) is 22.4 Å². The number of carbonyl (C=O) groups excluding carboxylic acids is 1. The molecule has 0 radical (unpaired) electrons. The molecule has 0 unspecified atom stereocenters. The molecule has 1 N–H and O–H groups in total. The summed E-state index contributed by atoms with van der Waals surface area (Å²) in [4.78, 5) is 28.7. The van der Waals surface area contributed by atoms with Crippen molar-refractivity contribution in [3.8, 4) is 11.5 Å². The number of hydrogen-bond acceptors (Lipinski definition) is 7. The second-order valence-electron chi connectivity index (χ2n) is 7.77. The normalized spacial score (nSPS) is 13.0. The van der Waals surface area contributed by atoms with Gasteiger partial charge >= 0.3 is 0 Å². The molecule has 0 atom stereocenters. The first-order chi connectivity index (χ1) is 14.6. The van der Waals surface area contributed by atoms with Crippen LogP contribution in [0.5, 0.6) is 0 Å². The summed E-state index contributed by atoms with van der Waals surface area (Å²) in [5.41, 5.74) is 4.69. The van der Waals surface area contributed by atoms with Crippen LogP contribution >= 0.6 is 0 Å². The lowest BCUT2D eigenvalue weighted by Crippen LogP contribution is -2.28. The monoisotopic (exact) mass is 402 g/mol. The molecule has 0 spiro atoms. The van der Waals surface area contributed by atoms with Crippen molar-refractivity contribution >= 4 is 22.5 Å². The van der Waals surface area contributed by atoms with Crippen LogP contribution in [-0.2, 0) is 31.1 Å². The maximum Gasteiger partial charge on any atom is 0.180 e. The van der Waals surface area contributed by atoms with Crippen LogP contribution in [-0.4, -0.2) is 54.3 Å². The molecule has 0 aliphatic heterocycles. The summed E-state index contributed by atoms with van der Waals surface area (Å²) in [6.45, 7) is 0.284. The van der Waals surface area contributed by atoms with Gasteiger partial charge in [0.05, 0.1) is 30.7 Å². The van der Waals surface area contributed by atoms with E-state index in [1.165, 1.54) is 0 Å². The lowest BCUT2D eigenvalue weighted by atomic mass is 10.1. The molecule has 5 rings (SSSR count). The highest BCUT2D eigenvalue weighted by atomic mass is 16.1. The summed E-state index contributed by atoms with van der Waals surface area (Å²) in [7, 11) is 3.76. The molecule has 30 heavy (non-hydrogen) atoms. The van der Waals surface area contributed by atoms with Crippen LogP contribution < -0.4 is 4.90 Å². The fraction of sp³-hybridized carbons (Fsp3) is 0.333. The molecule has 4 heterocycles. The number of fused-ring (bicyclic) bond motifs is 2. The first-order valence-corrected chi connectivity index (χ1v) is 9.96. The Bertz CT molecular complexity index is 1240. The first-order valence-electron chi connectivity index (χ1n) is 9.96. The average molecular weight is 402 g/mol. The summed E-state index contributed by atoms with van der Waals surface area (Å²) in [6.07, 6.45) is 10.4. The Hall–Kier alpha value is -3.62. The minimum Gasteiger partial charge on any atom is -0.352 e. The Labute approximate surface area is 173 Å². The zero-order valence-electron chi connectivity index (χ0n) is 17.0. The predicted octanol–water partition coefficient (Wildman–Crippen LogP) is 1.89. The van der Waals surface area contributed by atoms with Crippen molar-refractivity contribution in [2.24, 2.45) is 7.05 Å². The number of pyridine rings is 1. The number of ketones is 1. The van der Waals surface area contributed by atoms with Gasteiger partial charge in [-0.05, 0) is 30.9 Å². The zero-order valence-corrected chi connectivity index (χ0v) is 17.0. The summed E-state index contributed by atoms with van der Waals surface area (Å²) in [5.74, 6) is 1.52. The molecular formula is C21H22N8O. The highest BCUT2D eigenvalue weighted by molar-refractivity contribution is 5.85. The molecule has 1 aliphatic carbocycles. The van der Waals surface area contributed by atoms with E-state index >= 15 is 0 Å². The molecule has 0 bridgehead atoms. The Morgan fingerprint density at radius 3 is 2.97 bits per heavy atom. The standard InChI is InChI=1S/C21H22N8O/c1-28(12-15(30)6-13-8-24-29(2)11-13)21-16-4-3-5-17(16)25-20(26-21)18-7-14-9-23-27-19(14)10-22-18/h7-11H,3-6,12H2,1-2H3,(H,23,27). The van der Waals surface area contributed by atoms with Crippen LogP contribution in [0.4, 0.5) is 5.82 Å². The lowest BCUT2D eigenvalue weighted by Gasteiger charge is -2.21. The third-order valence-electron chi connectivity index (χ3n) is 5.40. The number of hydrogen-bond donors (Lipinski definition) is 1. The fourth-order valence-corrected chi connectivity index (χ4v) is 3.99. The number of aromatic amines is 1. The Morgan fingerprint density at radius 1 is 1.23 bits per heavy atom. The van der Waals surface area contributed by atoms with Crippen LogP contribution in [0.2, 0.25) is 0 Å². The van der Waals surface area contributed by atoms with Gasteiger partial charge in [0.1, 0.15) is 11.5 Å². The molecule has 152 valence electrons. The molecule has 9 heteroatoms. The largest absolute Gasteiger partial charge is 0.352 e. The van der Waals surface area contributed by atoms with Gasteiger partial charge in [-0.1, -0.05) is 0 Å². The molecule has 0 fully saturated rings. The van der Waals surface area contributed by atoms with Gasteiger partial charge in [-0.25, -0.2) is 9.97 Å². The number of anilines is 1. The van der Waals surface area contributed by atoms with E-state index in [0.717, 1.165) is 52.8 Å². The molecular weight excluding hydrogens is 380 g/mol. The van der Waals surface area contributed by atoms with E-state index in [-0.39, 0.29) is 12.3 Å². The number of rotatable bonds is 6. The highest BCUT2D eigenvalue weighted by Gasteiger charge is 2.23. The minimum atomic E-state index is 0.121. The van der Waals surface area contributed by atoms with Gasteiger partial charge in [-0.15, -0.1) is 0 Å². The summed E-state index contributed by atoms with van der Waals surface area (Å²) in [6, 6.07) is 1.94. The van der Waals surface area contributed by atoms with E-state index in [0.29, 0.717) is 17.9 Å². The van der Waals surface area contributed by atoms with E-state index in [4.69, 9.17) is 9.97 Å². The number of aromatic nitrogens is 7. The molecule has 0 saturated carbocycles. The van der Waals surface area contributed by atoms with Gasteiger partial charge in [0.15, 0.2) is 11.6 Å². The molecule has 0 saturated heterocycles. The number of nitrogens with zero attached hydrogens (tertiary/aromatic N) is 7. The SMILES string of the molecule is CN(CC(=O)Cc1cnn(C)c1)c1nc(-c2cc3cn[nH]c3cn2)nc2c1CCC2. The molecule has 1 aliphatic rings. The Balaban J connectivity index is 1.44. The van der Waals surface area contributed by atoms with Gasteiger partial charge in [-0.2, -0.15) is 10.2 Å². The van der Waals surface area contributed by atoms with Gasteiger partial charge in [0, 0.05) is 43.4 Å². The average Bonchev–Trinajstić information content (AvgIpc) is 3.46. The summed E-state index contributed by atoms with van der Waals surface area (Å²) < 4.78 is 1.71. The maximum atomic E-state index is 12.6. The summed E-state index contributed by atoms with van der Waals surface area (Å²) >= 11 is 0. The quantitative estimate of drug-likeness (QED) is 0.525. The fourth-order valence-electron chi connectivity index (χ4n) is 3.99. The third kappa shape index (κ3) is 3.42. The lowest BCUT2D eigenvalue weighted by molar-refractivity contribution is -0.117. The second-order valence-corrected chi connectivity index (χ2v) is 7.77. The predicted molar refractivity (Wildman–Crippen MR) is 112 cm³/mol. The van der Waals surface area contributed by atoms with Gasteiger partial charge in [-0.3, -0.25) is 19.6 Å². The molecule has 0 aromatic carbocycles. The topological polar surface area (TPSA) is 105 Å². The number of Topliss-reactive ketones (excluding diaryl/α,β-unsaturated/α-hetero) is 1. The number of H-pyrrole nitrogens is 1. The van der Waals surface area contributed by atoms with Crippen molar-refractivity contribution in [1.82, 2.24) is 34.9 Å². The van der Waals surface area contributed by atoms with Gasteiger partial charge in [0.2, 0.25) is 0 Å². The summed E-state index contributed by atoms with van der Waals surface area (Å²) in [5, 5.41) is 12.1. The van der Waals surface area contributed by atoms with E-state index in [1.807, 2.05) is 31.3 Å². The van der Waals surface area contributed by atoms with E-state index in [1.54, 1.807) is 23.3 Å². The molecule has 4 aromatic heterocycles. The number of likely N-dealkylation sites (N-methyl/N-ethyl adjacent to an activating group) is 1. The number of nitrogens with one attached hydrogen (secondary N) is 1. The second kappa shape index (κ2) is 7.33. The number of aryl methyl sites for hydroxylation is 2. The third-order valence-corrected chi connectivity index (χ3v) is 5.40. The van der Waals surface area contributed by atoms with Crippen molar-refractivity contribution in [2.45, 2.75) is 25.7 Å². The maximum absolute atomic E-state index is 12.6. The van der Waals surface area contributed by atoms with Crippen molar-refractivity contribution in [3.05, 3.63) is 47.7 Å². The Morgan fingerprint density at radius 2 is 2.13 bits per heavy atom. The first kappa shape index (κ1) is 18.4. The van der Waals surface area contributed by atoms with Crippen LogP contribution in [0.15, 0.2) is 30.9 Å².